The van der Waals surface area contributed by atoms with Gasteiger partial charge in [-0.2, -0.15) is 0 Å². The lowest BCUT2D eigenvalue weighted by atomic mass is 10.0. The lowest BCUT2D eigenvalue weighted by molar-refractivity contribution is 0.109. The Bertz CT molecular complexity index is 807. The van der Waals surface area contributed by atoms with Crippen LogP contribution in [-0.2, 0) is 21.3 Å². The van der Waals surface area contributed by atoms with Crippen LogP contribution in [0.4, 0.5) is 0 Å². The van der Waals surface area contributed by atoms with Crippen LogP contribution in [0.1, 0.15) is 42.2 Å². The molecule has 0 amide bonds. The highest BCUT2D eigenvalue weighted by Gasteiger charge is 2.26. The van der Waals surface area contributed by atoms with Crippen molar-refractivity contribution in [3.63, 3.8) is 0 Å². The highest BCUT2D eigenvalue weighted by atomic mass is 32.2. The summed E-state index contributed by atoms with van der Waals surface area (Å²) in [5.41, 5.74) is 3.35. The summed E-state index contributed by atoms with van der Waals surface area (Å²) in [6.07, 6.45) is 2.31. The molecule has 3 rings (SSSR count). The molecule has 0 bridgehead atoms. The second kappa shape index (κ2) is 8.31. The number of hydrogen-bond donors (Lipinski definition) is 2. The fraction of sp³-hybridized carbons (Fsp3) is 0.400. The minimum Gasteiger partial charge on any atom is -0.372 e. The molecule has 0 aromatic heterocycles. The number of ether oxygens (including phenoxy) is 1. The van der Waals surface area contributed by atoms with Gasteiger partial charge in [0.15, 0.2) is 0 Å². The van der Waals surface area contributed by atoms with Crippen LogP contribution in [0.2, 0.25) is 0 Å². The van der Waals surface area contributed by atoms with E-state index in [1.807, 2.05) is 49.4 Å². The van der Waals surface area contributed by atoms with Gasteiger partial charge < -0.3 is 10.1 Å². The first kappa shape index (κ1) is 19.0. The van der Waals surface area contributed by atoms with Gasteiger partial charge in [-0.1, -0.05) is 54.6 Å². The molecule has 26 heavy (non-hydrogen) atoms. The minimum absolute atomic E-state index is 0.166. The zero-order chi connectivity index (χ0) is 18.6. The number of benzene rings is 2. The van der Waals surface area contributed by atoms with Gasteiger partial charge in [-0.15, -0.1) is 0 Å². The molecule has 0 radical (unpaired) electrons. The SMILES string of the molecule is C[C@@H](NS(C)(=O)=O)c1ccc(CNC2COC(c3ccccc3)C2)cc1. The molecule has 1 saturated heterocycles. The molecule has 2 unspecified atom stereocenters. The molecule has 0 saturated carbocycles. The molecule has 6 heteroatoms. The van der Waals surface area contributed by atoms with Crippen LogP contribution < -0.4 is 10.0 Å². The average molecular weight is 375 g/mol. The maximum absolute atomic E-state index is 11.3. The van der Waals surface area contributed by atoms with Gasteiger partial charge in [0, 0.05) is 18.6 Å². The van der Waals surface area contributed by atoms with Crippen LogP contribution in [0.3, 0.4) is 0 Å². The summed E-state index contributed by atoms with van der Waals surface area (Å²) in [6, 6.07) is 18.4. The molecular weight excluding hydrogens is 348 g/mol. The van der Waals surface area contributed by atoms with E-state index in [1.165, 1.54) is 17.4 Å². The van der Waals surface area contributed by atoms with Crippen molar-refractivity contribution in [3.8, 4) is 0 Å². The number of hydrogen-bond acceptors (Lipinski definition) is 4. The van der Waals surface area contributed by atoms with Gasteiger partial charge in [0.1, 0.15) is 0 Å². The van der Waals surface area contributed by atoms with Crippen LogP contribution in [-0.4, -0.2) is 27.3 Å². The Morgan fingerprint density at radius 2 is 1.81 bits per heavy atom. The third-order valence-corrected chi connectivity index (χ3v) is 5.42. The second-order valence-corrected chi connectivity index (χ2v) is 8.68. The monoisotopic (exact) mass is 374 g/mol. The van der Waals surface area contributed by atoms with Gasteiger partial charge in [-0.25, -0.2) is 13.1 Å². The summed E-state index contributed by atoms with van der Waals surface area (Å²) >= 11 is 0. The van der Waals surface area contributed by atoms with Crippen molar-refractivity contribution >= 4 is 10.0 Å². The fourth-order valence-corrected chi connectivity index (χ4v) is 4.02. The second-order valence-electron chi connectivity index (χ2n) is 6.90. The molecule has 2 N–H and O–H groups in total. The lowest BCUT2D eigenvalue weighted by Crippen LogP contribution is -2.28. The smallest absolute Gasteiger partial charge is 0.209 e. The van der Waals surface area contributed by atoms with Crippen molar-refractivity contribution < 1.29 is 13.2 Å². The summed E-state index contributed by atoms with van der Waals surface area (Å²) in [7, 11) is -3.21. The first-order chi connectivity index (χ1) is 12.4. The maximum atomic E-state index is 11.3. The quantitative estimate of drug-likeness (QED) is 0.782. The van der Waals surface area contributed by atoms with E-state index in [2.05, 4.69) is 22.2 Å². The molecule has 3 atom stereocenters. The molecule has 0 spiro atoms. The molecule has 1 heterocycles. The molecular formula is C20H26N2O3S. The first-order valence-corrected chi connectivity index (χ1v) is 10.8. The number of rotatable bonds is 7. The summed E-state index contributed by atoms with van der Waals surface area (Å²) in [6.45, 7) is 3.32. The minimum atomic E-state index is -3.21. The van der Waals surface area contributed by atoms with Crippen LogP contribution in [0.25, 0.3) is 0 Å². The van der Waals surface area contributed by atoms with Crippen molar-refractivity contribution in [2.75, 3.05) is 12.9 Å². The predicted molar refractivity (Wildman–Crippen MR) is 103 cm³/mol. The topological polar surface area (TPSA) is 67.4 Å². The molecule has 1 aliphatic heterocycles. The van der Waals surface area contributed by atoms with Gasteiger partial charge in [0.25, 0.3) is 0 Å². The standard InChI is InChI=1S/C20H26N2O3S/c1-15(22-26(2,23)24)17-10-8-16(9-11-17)13-21-19-12-20(25-14-19)18-6-4-3-5-7-18/h3-11,15,19-22H,12-14H2,1-2H3/t15-,19?,20?/m1/s1. The molecule has 140 valence electrons. The van der Waals surface area contributed by atoms with Crippen molar-refractivity contribution in [3.05, 3.63) is 71.3 Å². The summed E-state index contributed by atoms with van der Waals surface area (Å²) < 4.78 is 31.2. The Morgan fingerprint density at radius 3 is 2.46 bits per heavy atom. The Hall–Kier alpha value is -1.73. The van der Waals surface area contributed by atoms with Crippen LogP contribution in [0.15, 0.2) is 54.6 Å². The molecule has 1 aliphatic rings. The van der Waals surface area contributed by atoms with Gasteiger partial charge in [-0.3, -0.25) is 0 Å². The summed E-state index contributed by atoms with van der Waals surface area (Å²) in [4.78, 5) is 0. The van der Waals surface area contributed by atoms with Crippen LogP contribution in [0.5, 0.6) is 0 Å². The van der Waals surface area contributed by atoms with E-state index in [0.717, 1.165) is 18.5 Å². The lowest BCUT2D eigenvalue weighted by Gasteiger charge is -2.14. The van der Waals surface area contributed by atoms with Gasteiger partial charge >= 0.3 is 0 Å². The zero-order valence-electron chi connectivity index (χ0n) is 15.2. The normalized spacial score (nSPS) is 21.6. The highest BCUT2D eigenvalue weighted by Crippen LogP contribution is 2.28. The summed E-state index contributed by atoms with van der Waals surface area (Å²) in [5, 5.41) is 3.55. The van der Waals surface area contributed by atoms with Crippen LogP contribution in [0, 0.1) is 0 Å². The molecule has 5 nitrogen and oxygen atoms in total. The van der Waals surface area contributed by atoms with Crippen molar-refractivity contribution in [2.24, 2.45) is 0 Å². The van der Waals surface area contributed by atoms with E-state index in [4.69, 9.17) is 4.74 Å². The van der Waals surface area contributed by atoms with Gasteiger partial charge in [0.05, 0.1) is 19.0 Å². The Kier molecular flexibility index (Phi) is 6.09. The van der Waals surface area contributed by atoms with Gasteiger partial charge in [-0.05, 0) is 30.0 Å². The summed E-state index contributed by atoms with van der Waals surface area (Å²) in [5.74, 6) is 0. The van der Waals surface area contributed by atoms with E-state index in [0.29, 0.717) is 12.6 Å². The van der Waals surface area contributed by atoms with E-state index >= 15 is 0 Å². The van der Waals surface area contributed by atoms with Crippen molar-refractivity contribution in [1.29, 1.82) is 0 Å². The van der Waals surface area contributed by atoms with Crippen molar-refractivity contribution in [1.82, 2.24) is 10.0 Å². The molecule has 0 aliphatic carbocycles. The first-order valence-electron chi connectivity index (χ1n) is 8.87. The van der Waals surface area contributed by atoms with E-state index in [-0.39, 0.29) is 12.1 Å². The Morgan fingerprint density at radius 1 is 1.12 bits per heavy atom. The maximum Gasteiger partial charge on any atom is 0.209 e. The third kappa shape index (κ3) is 5.38. The largest absolute Gasteiger partial charge is 0.372 e. The number of sulfonamides is 1. The Labute approximate surface area is 155 Å². The molecule has 2 aromatic rings. The number of nitrogens with one attached hydrogen (secondary N) is 2. The molecule has 1 fully saturated rings. The Balaban J connectivity index is 1.50. The fourth-order valence-electron chi connectivity index (χ4n) is 3.24. The van der Waals surface area contributed by atoms with Crippen molar-refractivity contribution in [2.45, 2.75) is 38.1 Å². The molecule has 2 aromatic carbocycles. The van der Waals surface area contributed by atoms with E-state index < -0.39 is 10.0 Å². The van der Waals surface area contributed by atoms with Gasteiger partial charge in [0.2, 0.25) is 10.0 Å². The van der Waals surface area contributed by atoms with E-state index in [1.54, 1.807) is 0 Å². The third-order valence-electron chi connectivity index (χ3n) is 4.63. The zero-order valence-corrected chi connectivity index (χ0v) is 16.0. The average Bonchev–Trinajstić information content (AvgIpc) is 3.09. The highest BCUT2D eigenvalue weighted by molar-refractivity contribution is 7.88. The van der Waals surface area contributed by atoms with E-state index in [9.17, 15) is 8.42 Å². The predicted octanol–water partition coefficient (Wildman–Crippen LogP) is 2.92. The van der Waals surface area contributed by atoms with Crippen LogP contribution >= 0.6 is 0 Å².